The van der Waals surface area contributed by atoms with Crippen LogP contribution in [0.25, 0.3) is 11.6 Å². The van der Waals surface area contributed by atoms with Crippen LogP contribution in [0.3, 0.4) is 0 Å². The van der Waals surface area contributed by atoms with Gasteiger partial charge in [-0.2, -0.15) is 0 Å². The van der Waals surface area contributed by atoms with E-state index in [2.05, 4.69) is 48.1 Å². The molecule has 0 aliphatic rings. The monoisotopic (exact) mass is 295 g/mol. The number of halogens is 1. The third kappa shape index (κ3) is 2.63. The second kappa shape index (κ2) is 5.27. The highest BCUT2D eigenvalue weighted by Gasteiger charge is 2.11. The lowest BCUT2D eigenvalue weighted by Crippen LogP contribution is -2.06. The topological polar surface area (TPSA) is 66.5 Å². The lowest BCUT2D eigenvalue weighted by atomic mass is 10.4. The van der Waals surface area contributed by atoms with Crippen LogP contribution < -0.4 is 5.32 Å². The fourth-order valence-electron chi connectivity index (χ4n) is 1.41. The van der Waals surface area contributed by atoms with Crippen LogP contribution >= 0.6 is 15.9 Å². The van der Waals surface area contributed by atoms with Gasteiger partial charge in [0.05, 0.1) is 10.2 Å². The van der Waals surface area contributed by atoms with Gasteiger partial charge in [-0.3, -0.25) is 0 Å². The van der Waals surface area contributed by atoms with Gasteiger partial charge < -0.3 is 10.3 Å². The van der Waals surface area contributed by atoms with E-state index < -0.39 is 0 Å². The minimum atomic E-state index is 0.606. The van der Waals surface area contributed by atoms with E-state index in [4.69, 9.17) is 0 Å². The molecule has 2 rings (SSSR count). The smallest absolute Gasteiger partial charge is 0.197 e. The fourth-order valence-corrected chi connectivity index (χ4v) is 1.73. The van der Waals surface area contributed by atoms with Crippen LogP contribution in [0.2, 0.25) is 0 Å². The number of rotatable bonds is 4. The lowest BCUT2D eigenvalue weighted by molar-refractivity contribution is 0.956. The fraction of sp³-hybridized carbons (Fsp3) is 0.364. The highest BCUT2D eigenvalue weighted by molar-refractivity contribution is 9.10. The number of aromatic amines is 1. The molecule has 90 valence electrons. The maximum absolute atomic E-state index is 4.45. The third-order valence-corrected chi connectivity index (χ3v) is 3.22. The SMILES string of the molecule is CCCNc1nc(-c2ncc[nH]2)nc(C)c1Br. The Morgan fingerprint density at radius 1 is 1.41 bits per heavy atom. The van der Waals surface area contributed by atoms with Crippen LogP contribution in [-0.4, -0.2) is 26.5 Å². The van der Waals surface area contributed by atoms with Crippen molar-refractivity contribution in [2.24, 2.45) is 0 Å². The van der Waals surface area contributed by atoms with Gasteiger partial charge in [0.25, 0.3) is 0 Å². The van der Waals surface area contributed by atoms with E-state index in [0.717, 1.165) is 29.0 Å². The minimum Gasteiger partial charge on any atom is -0.369 e. The van der Waals surface area contributed by atoms with Crippen LogP contribution in [0.15, 0.2) is 16.9 Å². The molecule has 0 atom stereocenters. The maximum Gasteiger partial charge on any atom is 0.197 e. The van der Waals surface area contributed by atoms with Crippen molar-refractivity contribution in [1.82, 2.24) is 19.9 Å². The molecule has 2 aromatic heterocycles. The van der Waals surface area contributed by atoms with Crippen molar-refractivity contribution in [2.45, 2.75) is 20.3 Å². The molecule has 5 nitrogen and oxygen atoms in total. The zero-order valence-corrected chi connectivity index (χ0v) is 11.4. The number of hydrogen-bond acceptors (Lipinski definition) is 4. The molecule has 6 heteroatoms. The van der Waals surface area contributed by atoms with Crippen LogP contribution in [0, 0.1) is 6.92 Å². The number of nitrogens with zero attached hydrogens (tertiary/aromatic N) is 3. The first-order valence-corrected chi connectivity index (χ1v) is 6.29. The number of hydrogen-bond donors (Lipinski definition) is 2. The number of aromatic nitrogens is 4. The van der Waals surface area contributed by atoms with Gasteiger partial charge in [-0.05, 0) is 29.3 Å². The first kappa shape index (κ1) is 12.0. The molecule has 2 heterocycles. The molecular weight excluding hydrogens is 282 g/mol. The Balaban J connectivity index is 2.39. The lowest BCUT2D eigenvalue weighted by Gasteiger charge is -2.09. The molecule has 0 amide bonds. The molecule has 0 saturated heterocycles. The quantitative estimate of drug-likeness (QED) is 0.910. The van der Waals surface area contributed by atoms with E-state index in [1.807, 2.05) is 6.92 Å². The van der Waals surface area contributed by atoms with Gasteiger partial charge in [0.2, 0.25) is 0 Å². The van der Waals surface area contributed by atoms with Gasteiger partial charge in [-0.1, -0.05) is 6.92 Å². The largest absolute Gasteiger partial charge is 0.369 e. The van der Waals surface area contributed by atoms with E-state index in [-0.39, 0.29) is 0 Å². The Morgan fingerprint density at radius 2 is 2.24 bits per heavy atom. The summed E-state index contributed by atoms with van der Waals surface area (Å²) in [5.41, 5.74) is 0.894. The second-order valence-corrected chi connectivity index (χ2v) is 4.45. The number of aryl methyl sites for hydroxylation is 1. The van der Waals surface area contributed by atoms with E-state index in [1.165, 1.54) is 0 Å². The molecule has 0 saturated carbocycles. The molecule has 0 fully saturated rings. The zero-order chi connectivity index (χ0) is 12.3. The van der Waals surface area contributed by atoms with E-state index in [9.17, 15) is 0 Å². The summed E-state index contributed by atoms with van der Waals surface area (Å²) in [7, 11) is 0. The molecule has 0 aliphatic heterocycles. The average Bonchev–Trinajstić information content (AvgIpc) is 2.84. The number of nitrogens with one attached hydrogen (secondary N) is 2. The van der Waals surface area contributed by atoms with E-state index in [1.54, 1.807) is 12.4 Å². The predicted octanol–water partition coefficient (Wildman–Crippen LogP) is 2.76. The van der Waals surface area contributed by atoms with E-state index >= 15 is 0 Å². The van der Waals surface area contributed by atoms with Gasteiger partial charge in [0.1, 0.15) is 5.82 Å². The minimum absolute atomic E-state index is 0.606. The van der Waals surface area contributed by atoms with Crippen molar-refractivity contribution in [2.75, 3.05) is 11.9 Å². The second-order valence-electron chi connectivity index (χ2n) is 3.66. The van der Waals surface area contributed by atoms with Crippen molar-refractivity contribution >= 4 is 21.7 Å². The summed E-state index contributed by atoms with van der Waals surface area (Å²) in [6.45, 7) is 4.93. The molecule has 2 aromatic rings. The summed E-state index contributed by atoms with van der Waals surface area (Å²) in [5.74, 6) is 2.10. The molecule has 0 spiro atoms. The zero-order valence-electron chi connectivity index (χ0n) is 9.79. The van der Waals surface area contributed by atoms with Crippen LogP contribution in [0.1, 0.15) is 19.0 Å². The van der Waals surface area contributed by atoms with Crippen molar-refractivity contribution in [3.8, 4) is 11.6 Å². The number of imidazole rings is 1. The Morgan fingerprint density at radius 3 is 2.88 bits per heavy atom. The predicted molar refractivity (Wildman–Crippen MR) is 70.8 cm³/mol. The summed E-state index contributed by atoms with van der Waals surface area (Å²) in [6, 6.07) is 0. The molecule has 17 heavy (non-hydrogen) atoms. The van der Waals surface area contributed by atoms with Crippen molar-refractivity contribution < 1.29 is 0 Å². The van der Waals surface area contributed by atoms with Crippen LogP contribution in [-0.2, 0) is 0 Å². The van der Waals surface area contributed by atoms with Crippen molar-refractivity contribution in [1.29, 1.82) is 0 Å². The summed E-state index contributed by atoms with van der Waals surface area (Å²) in [4.78, 5) is 16.0. The highest BCUT2D eigenvalue weighted by Crippen LogP contribution is 2.25. The van der Waals surface area contributed by atoms with Gasteiger partial charge in [-0.25, -0.2) is 15.0 Å². The first-order valence-electron chi connectivity index (χ1n) is 5.50. The van der Waals surface area contributed by atoms with Gasteiger partial charge >= 0.3 is 0 Å². The summed E-state index contributed by atoms with van der Waals surface area (Å²) >= 11 is 3.49. The summed E-state index contributed by atoms with van der Waals surface area (Å²) < 4.78 is 0.904. The molecule has 0 aromatic carbocycles. The molecule has 0 bridgehead atoms. The summed E-state index contributed by atoms with van der Waals surface area (Å²) in [6.07, 6.45) is 4.50. The van der Waals surface area contributed by atoms with Crippen molar-refractivity contribution in [3.63, 3.8) is 0 Å². The van der Waals surface area contributed by atoms with E-state index in [0.29, 0.717) is 11.6 Å². The molecule has 2 N–H and O–H groups in total. The highest BCUT2D eigenvalue weighted by atomic mass is 79.9. The Labute approximate surface area is 108 Å². The van der Waals surface area contributed by atoms with Crippen LogP contribution in [0.5, 0.6) is 0 Å². The molecular formula is C11H14BrN5. The van der Waals surface area contributed by atoms with Gasteiger partial charge in [0, 0.05) is 18.9 Å². The Kier molecular flexibility index (Phi) is 3.73. The standard InChI is InChI=1S/C11H14BrN5/c1-3-4-13-9-8(12)7(2)16-11(17-9)10-14-5-6-15-10/h5-6H,3-4H2,1-2H3,(H,14,15)(H,13,16,17). The first-order chi connectivity index (χ1) is 8.22. The van der Waals surface area contributed by atoms with Gasteiger partial charge in [0.15, 0.2) is 11.6 Å². The Bertz CT molecular complexity index is 495. The van der Waals surface area contributed by atoms with Crippen LogP contribution in [0.4, 0.5) is 5.82 Å². The van der Waals surface area contributed by atoms with Crippen molar-refractivity contribution in [3.05, 3.63) is 22.6 Å². The molecule has 0 unspecified atom stereocenters. The number of H-pyrrole nitrogens is 1. The number of anilines is 1. The third-order valence-electron chi connectivity index (χ3n) is 2.27. The van der Waals surface area contributed by atoms with Gasteiger partial charge in [-0.15, -0.1) is 0 Å². The normalized spacial score (nSPS) is 10.5. The Hall–Kier alpha value is -1.43. The molecule has 0 aliphatic carbocycles. The molecule has 0 radical (unpaired) electrons. The maximum atomic E-state index is 4.45. The average molecular weight is 296 g/mol. The summed E-state index contributed by atoms with van der Waals surface area (Å²) in [5, 5.41) is 3.27.